The number of hydrogen-bond acceptors (Lipinski definition) is 2. The van der Waals surface area contributed by atoms with Crippen LogP contribution in [0.4, 0.5) is 0 Å². The molecule has 78 valence electrons. The van der Waals surface area contributed by atoms with Crippen molar-refractivity contribution in [3.05, 3.63) is 0 Å². The summed E-state index contributed by atoms with van der Waals surface area (Å²) in [6.07, 6.45) is 6.60. The summed E-state index contributed by atoms with van der Waals surface area (Å²) in [5, 5.41) is 4.09. The Hall–Kier alpha value is 0.380. The van der Waals surface area contributed by atoms with Gasteiger partial charge in [0.1, 0.15) is 0 Å². The zero-order valence-corrected chi connectivity index (χ0v) is 10.9. The summed E-state index contributed by atoms with van der Waals surface area (Å²) in [7, 11) is 0. The molecule has 0 spiro atoms. The minimum atomic E-state index is 0.0605. The Morgan fingerprint density at radius 2 is 2.00 bits per heavy atom. The van der Waals surface area contributed by atoms with Gasteiger partial charge in [0.2, 0.25) is 0 Å². The SMILES string of the molecule is C[I-]NNC(=S)NC1CCCCC1. The Kier molecular flexibility index (Phi) is 5.97. The van der Waals surface area contributed by atoms with Gasteiger partial charge in [0.05, 0.1) is 0 Å². The van der Waals surface area contributed by atoms with Crippen LogP contribution < -0.4 is 35.9 Å². The predicted molar refractivity (Wildman–Crippen MR) is 54.8 cm³/mol. The van der Waals surface area contributed by atoms with Crippen molar-refractivity contribution in [1.29, 1.82) is 0 Å². The molecule has 13 heavy (non-hydrogen) atoms. The summed E-state index contributed by atoms with van der Waals surface area (Å²) in [5.74, 6) is 0. The first-order valence-corrected chi connectivity index (χ1v) is 8.27. The maximum absolute atomic E-state index is 5.13. The Labute approximate surface area is 96.0 Å². The fourth-order valence-electron chi connectivity index (χ4n) is 1.56. The molecular formula is C8H17IN3S-. The number of halogens is 1. The first kappa shape index (κ1) is 11.5. The van der Waals surface area contributed by atoms with Crippen LogP contribution in [0.15, 0.2) is 0 Å². The van der Waals surface area contributed by atoms with Crippen LogP contribution in [0.5, 0.6) is 0 Å². The van der Waals surface area contributed by atoms with Crippen molar-refractivity contribution >= 4 is 17.3 Å². The van der Waals surface area contributed by atoms with E-state index in [1.165, 1.54) is 32.1 Å². The average Bonchev–Trinajstić information content (AvgIpc) is 2.16. The van der Waals surface area contributed by atoms with Gasteiger partial charge in [-0.3, -0.25) is 0 Å². The van der Waals surface area contributed by atoms with Crippen molar-refractivity contribution < 1.29 is 21.5 Å². The summed E-state index contributed by atoms with van der Waals surface area (Å²) in [6.45, 7) is 0. The van der Waals surface area contributed by atoms with Crippen LogP contribution in [0.3, 0.4) is 0 Å². The summed E-state index contributed by atoms with van der Waals surface area (Å²) in [4.78, 5) is 2.15. The van der Waals surface area contributed by atoms with E-state index in [4.69, 9.17) is 12.2 Å². The van der Waals surface area contributed by atoms with Gasteiger partial charge in [-0.1, -0.05) is 0 Å². The quantitative estimate of drug-likeness (QED) is 0.184. The molecule has 0 radical (unpaired) electrons. The van der Waals surface area contributed by atoms with Gasteiger partial charge >= 0.3 is 96.3 Å². The molecule has 0 amide bonds. The Bertz CT molecular complexity index is 159. The number of hydrogen-bond donors (Lipinski definition) is 3. The van der Waals surface area contributed by atoms with E-state index in [1.54, 1.807) is 0 Å². The predicted octanol–water partition coefficient (Wildman–Crippen LogP) is -2.08. The van der Waals surface area contributed by atoms with Crippen molar-refractivity contribution in [3.63, 3.8) is 0 Å². The van der Waals surface area contributed by atoms with Crippen LogP contribution >= 0.6 is 12.2 Å². The Morgan fingerprint density at radius 3 is 2.62 bits per heavy atom. The van der Waals surface area contributed by atoms with Gasteiger partial charge in [-0.25, -0.2) is 0 Å². The van der Waals surface area contributed by atoms with Gasteiger partial charge in [-0.05, 0) is 0 Å². The van der Waals surface area contributed by atoms with E-state index < -0.39 is 0 Å². The first-order valence-electron chi connectivity index (χ1n) is 4.63. The molecule has 5 heteroatoms. The van der Waals surface area contributed by atoms with Crippen LogP contribution in [0.1, 0.15) is 32.1 Å². The topological polar surface area (TPSA) is 36.1 Å². The Balaban J connectivity index is 2.11. The number of rotatable bonds is 3. The van der Waals surface area contributed by atoms with Crippen molar-refractivity contribution in [2.75, 3.05) is 4.93 Å². The van der Waals surface area contributed by atoms with E-state index in [1.807, 2.05) is 0 Å². The third-order valence-electron chi connectivity index (χ3n) is 2.20. The van der Waals surface area contributed by atoms with Crippen LogP contribution in [-0.2, 0) is 0 Å². The molecule has 1 aliphatic rings. The summed E-state index contributed by atoms with van der Waals surface area (Å²) in [5.41, 5.74) is 3.00. The van der Waals surface area contributed by atoms with Gasteiger partial charge in [-0.15, -0.1) is 0 Å². The monoisotopic (exact) mass is 314 g/mol. The van der Waals surface area contributed by atoms with Crippen LogP contribution in [-0.4, -0.2) is 16.1 Å². The van der Waals surface area contributed by atoms with E-state index in [9.17, 15) is 0 Å². The molecule has 0 atom stereocenters. The average molecular weight is 314 g/mol. The molecule has 0 aromatic heterocycles. The van der Waals surface area contributed by atoms with Crippen molar-refractivity contribution in [2.24, 2.45) is 0 Å². The van der Waals surface area contributed by atoms with Crippen LogP contribution in [0.25, 0.3) is 0 Å². The third kappa shape index (κ3) is 4.97. The third-order valence-corrected chi connectivity index (χ3v) is 3.22. The molecule has 1 rings (SSSR count). The van der Waals surface area contributed by atoms with E-state index in [-0.39, 0.29) is 21.5 Å². The van der Waals surface area contributed by atoms with Crippen molar-refractivity contribution in [3.8, 4) is 0 Å². The van der Waals surface area contributed by atoms with Gasteiger partial charge in [-0.2, -0.15) is 0 Å². The molecule has 0 heterocycles. The second-order valence-electron chi connectivity index (χ2n) is 3.22. The molecule has 1 saturated carbocycles. The normalized spacial score (nSPS) is 18.5. The molecular weight excluding hydrogens is 297 g/mol. The van der Waals surface area contributed by atoms with Gasteiger partial charge in [0, 0.05) is 0 Å². The molecule has 0 aromatic carbocycles. The molecule has 0 unspecified atom stereocenters. The second kappa shape index (κ2) is 6.78. The number of nitrogens with one attached hydrogen (secondary N) is 3. The second-order valence-corrected chi connectivity index (χ2v) is 5.24. The maximum atomic E-state index is 5.13. The van der Waals surface area contributed by atoms with E-state index in [2.05, 4.69) is 19.3 Å². The van der Waals surface area contributed by atoms with Gasteiger partial charge in [0.15, 0.2) is 0 Å². The standard InChI is InChI=1S/C8H17IN3S/c1-9-12-11-8(13)10-7-5-3-2-4-6-7/h7,12H,2-6H2,1H3,(H2,10,11,13)/q-1. The zero-order valence-electron chi connectivity index (χ0n) is 7.90. The summed E-state index contributed by atoms with van der Waals surface area (Å²) in [6, 6.07) is 0.602. The van der Waals surface area contributed by atoms with E-state index in [0.717, 1.165) is 5.11 Å². The fourth-order valence-corrected chi connectivity index (χ4v) is 2.50. The van der Waals surface area contributed by atoms with Crippen molar-refractivity contribution in [2.45, 2.75) is 38.1 Å². The molecule has 0 aliphatic heterocycles. The molecule has 1 aliphatic carbocycles. The van der Waals surface area contributed by atoms with E-state index in [0.29, 0.717) is 6.04 Å². The zero-order chi connectivity index (χ0) is 9.52. The molecule has 0 bridgehead atoms. The summed E-state index contributed by atoms with van der Waals surface area (Å²) < 4.78 is 3.09. The number of hydrazine groups is 1. The number of thiocarbonyl (C=S) groups is 1. The fraction of sp³-hybridized carbons (Fsp3) is 0.875. The molecule has 0 saturated heterocycles. The minimum absolute atomic E-state index is 0.0605. The van der Waals surface area contributed by atoms with Crippen LogP contribution in [0.2, 0.25) is 0 Å². The number of alkyl halides is 1. The molecule has 3 nitrogen and oxygen atoms in total. The molecule has 3 N–H and O–H groups in total. The molecule has 0 aromatic rings. The van der Waals surface area contributed by atoms with Gasteiger partial charge in [0.25, 0.3) is 0 Å². The Morgan fingerprint density at radius 1 is 1.31 bits per heavy atom. The van der Waals surface area contributed by atoms with Crippen molar-refractivity contribution in [1.82, 2.24) is 14.4 Å². The van der Waals surface area contributed by atoms with Gasteiger partial charge < -0.3 is 0 Å². The van der Waals surface area contributed by atoms with E-state index >= 15 is 0 Å². The van der Waals surface area contributed by atoms with Crippen LogP contribution in [0, 0.1) is 0 Å². The molecule has 1 fully saturated rings. The summed E-state index contributed by atoms with van der Waals surface area (Å²) >= 11 is 5.19. The first-order chi connectivity index (χ1) is 6.33.